The zero-order chi connectivity index (χ0) is 15.5. The van der Waals surface area contributed by atoms with Crippen molar-refractivity contribution in [3.8, 4) is 0 Å². The molecular weight excluding hydrogens is 283 g/mol. The lowest BCUT2D eigenvalue weighted by molar-refractivity contribution is 0.104. The number of nitrogens with zero attached hydrogens (tertiary/aromatic N) is 4. The second kappa shape index (κ2) is 6.36. The predicted octanol–water partition coefficient (Wildman–Crippen LogP) is 2.54. The molecular formula is C16H19FN4O. The van der Waals surface area contributed by atoms with Crippen molar-refractivity contribution >= 4 is 5.82 Å². The Labute approximate surface area is 129 Å². The van der Waals surface area contributed by atoms with Crippen LogP contribution in [0, 0.1) is 5.82 Å². The smallest absolute Gasteiger partial charge is 0.187 e. The Hall–Kier alpha value is -2.08. The molecule has 22 heavy (non-hydrogen) atoms. The fourth-order valence-electron chi connectivity index (χ4n) is 2.88. The van der Waals surface area contributed by atoms with E-state index in [9.17, 15) is 4.39 Å². The van der Waals surface area contributed by atoms with Gasteiger partial charge < -0.3 is 9.64 Å². The second-order valence-corrected chi connectivity index (χ2v) is 5.36. The summed E-state index contributed by atoms with van der Waals surface area (Å²) >= 11 is 0. The average molecular weight is 302 g/mol. The van der Waals surface area contributed by atoms with Crippen LogP contribution in [0.4, 0.5) is 10.2 Å². The van der Waals surface area contributed by atoms with E-state index in [1.807, 2.05) is 31.0 Å². The van der Waals surface area contributed by atoms with Crippen molar-refractivity contribution in [2.45, 2.75) is 31.9 Å². The van der Waals surface area contributed by atoms with E-state index in [1.165, 1.54) is 6.33 Å². The lowest BCUT2D eigenvalue weighted by Gasteiger charge is -2.29. The summed E-state index contributed by atoms with van der Waals surface area (Å²) in [4.78, 5) is 14.1. The zero-order valence-corrected chi connectivity index (χ0v) is 12.7. The summed E-state index contributed by atoms with van der Waals surface area (Å²) in [6.45, 7) is 2.52. The molecule has 1 saturated heterocycles. The zero-order valence-electron chi connectivity index (χ0n) is 12.7. The number of ether oxygens (including phenoxy) is 1. The molecule has 2 aromatic rings. The second-order valence-electron chi connectivity index (χ2n) is 5.36. The molecule has 1 aliphatic heterocycles. The summed E-state index contributed by atoms with van der Waals surface area (Å²) in [5.74, 6) is -0.0134. The van der Waals surface area contributed by atoms with Crippen LogP contribution in [0.5, 0.6) is 0 Å². The van der Waals surface area contributed by atoms with Crippen LogP contribution in [0.25, 0.3) is 0 Å². The Kier molecular flexibility index (Phi) is 4.29. The SMILES string of the molecule is CCc1ncnc(N(C)[C@H]2CCO[C@@H]2c2cccnc2)c1F. The number of aromatic nitrogens is 3. The van der Waals surface area contributed by atoms with Gasteiger partial charge in [0.25, 0.3) is 0 Å². The molecule has 1 aliphatic rings. The molecule has 3 rings (SSSR count). The van der Waals surface area contributed by atoms with Gasteiger partial charge in [0.1, 0.15) is 12.4 Å². The quantitative estimate of drug-likeness (QED) is 0.868. The third-order valence-electron chi connectivity index (χ3n) is 4.08. The first-order valence-electron chi connectivity index (χ1n) is 7.46. The molecule has 116 valence electrons. The lowest BCUT2D eigenvalue weighted by Crippen LogP contribution is -2.35. The Morgan fingerprint density at radius 3 is 3.00 bits per heavy atom. The van der Waals surface area contributed by atoms with E-state index in [0.29, 0.717) is 24.5 Å². The lowest BCUT2D eigenvalue weighted by atomic mass is 10.0. The van der Waals surface area contributed by atoms with Crippen molar-refractivity contribution in [1.82, 2.24) is 15.0 Å². The van der Waals surface area contributed by atoms with Crippen molar-refractivity contribution < 1.29 is 9.13 Å². The van der Waals surface area contributed by atoms with Crippen molar-refractivity contribution in [3.63, 3.8) is 0 Å². The minimum atomic E-state index is -0.343. The van der Waals surface area contributed by atoms with Crippen LogP contribution in [0.1, 0.15) is 30.7 Å². The maximum atomic E-state index is 14.5. The number of aryl methyl sites for hydroxylation is 1. The van der Waals surface area contributed by atoms with E-state index < -0.39 is 0 Å². The van der Waals surface area contributed by atoms with Gasteiger partial charge >= 0.3 is 0 Å². The maximum Gasteiger partial charge on any atom is 0.187 e. The highest BCUT2D eigenvalue weighted by Gasteiger charge is 2.34. The van der Waals surface area contributed by atoms with Gasteiger partial charge in [-0.15, -0.1) is 0 Å². The third kappa shape index (κ3) is 2.66. The van der Waals surface area contributed by atoms with Gasteiger partial charge in [-0.2, -0.15) is 0 Å². The standard InChI is InChI=1S/C16H19FN4O/c1-3-12-14(17)16(20-10-19-12)21(2)13-6-8-22-15(13)11-5-4-7-18-9-11/h4-5,7,9-10,13,15H,3,6,8H2,1-2H3/t13-,15+/m0/s1. The van der Waals surface area contributed by atoms with E-state index in [-0.39, 0.29) is 18.0 Å². The van der Waals surface area contributed by atoms with Gasteiger partial charge in [-0.25, -0.2) is 14.4 Å². The fraction of sp³-hybridized carbons (Fsp3) is 0.438. The number of hydrogen-bond donors (Lipinski definition) is 0. The fourth-order valence-corrected chi connectivity index (χ4v) is 2.88. The van der Waals surface area contributed by atoms with Crippen LogP contribution in [0.2, 0.25) is 0 Å². The minimum Gasteiger partial charge on any atom is -0.371 e. The van der Waals surface area contributed by atoms with Crippen molar-refractivity contribution in [2.24, 2.45) is 0 Å². The predicted molar refractivity (Wildman–Crippen MR) is 81.1 cm³/mol. The number of pyridine rings is 1. The summed E-state index contributed by atoms with van der Waals surface area (Å²) in [6, 6.07) is 3.89. The number of halogens is 1. The first-order chi connectivity index (χ1) is 10.7. The monoisotopic (exact) mass is 302 g/mol. The molecule has 0 unspecified atom stereocenters. The van der Waals surface area contributed by atoms with Crippen molar-refractivity contribution in [3.05, 3.63) is 47.9 Å². The summed E-state index contributed by atoms with van der Waals surface area (Å²) in [5.41, 5.74) is 1.44. The summed E-state index contributed by atoms with van der Waals surface area (Å²) in [5, 5.41) is 0. The van der Waals surface area contributed by atoms with Gasteiger partial charge in [0.15, 0.2) is 11.6 Å². The van der Waals surface area contributed by atoms with Crippen molar-refractivity contribution in [1.29, 1.82) is 0 Å². The number of hydrogen-bond acceptors (Lipinski definition) is 5. The minimum absolute atomic E-state index is 0.0262. The highest BCUT2D eigenvalue weighted by molar-refractivity contribution is 5.42. The van der Waals surface area contributed by atoms with E-state index in [1.54, 1.807) is 12.4 Å². The van der Waals surface area contributed by atoms with E-state index >= 15 is 0 Å². The van der Waals surface area contributed by atoms with Gasteiger partial charge in [-0.05, 0) is 18.9 Å². The largest absolute Gasteiger partial charge is 0.371 e. The van der Waals surface area contributed by atoms with Crippen LogP contribution in [0.3, 0.4) is 0 Å². The topological polar surface area (TPSA) is 51.1 Å². The van der Waals surface area contributed by atoms with E-state index in [0.717, 1.165) is 12.0 Å². The molecule has 2 atom stereocenters. The molecule has 0 aliphatic carbocycles. The first kappa shape index (κ1) is 14.8. The van der Waals surface area contributed by atoms with Gasteiger partial charge in [-0.1, -0.05) is 13.0 Å². The van der Waals surface area contributed by atoms with Crippen LogP contribution < -0.4 is 4.90 Å². The molecule has 1 fully saturated rings. The number of rotatable bonds is 4. The van der Waals surface area contributed by atoms with E-state index in [4.69, 9.17) is 4.74 Å². The van der Waals surface area contributed by atoms with E-state index in [2.05, 4.69) is 15.0 Å². The van der Waals surface area contributed by atoms with Crippen molar-refractivity contribution in [2.75, 3.05) is 18.6 Å². The van der Waals surface area contributed by atoms with Gasteiger partial charge in [0, 0.05) is 31.6 Å². The molecule has 2 aromatic heterocycles. The summed E-state index contributed by atoms with van der Waals surface area (Å²) < 4.78 is 20.3. The molecule has 5 nitrogen and oxygen atoms in total. The Balaban J connectivity index is 1.90. The van der Waals surface area contributed by atoms with Gasteiger partial charge in [0.2, 0.25) is 0 Å². The summed E-state index contributed by atoms with van der Waals surface area (Å²) in [6.07, 6.45) is 6.18. The normalized spacial score (nSPS) is 21.0. The average Bonchev–Trinajstić information content (AvgIpc) is 3.05. The Bertz CT molecular complexity index is 637. The first-order valence-corrected chi connectivity index (χ1v) is 7.46. The number of likely N-dealkylation sites (N-methyl/N-ethyl adjacent to an activating group) is 1. The van der Waals surface area contributed by atoms with Crippen LogP contribution in [-0.4, -0.2) is 34.6 Å². The third-order valence-corrected chi connectivity index (χ3v) is 4.08. The Morgan fingerprint density at radius 2 is 2.27 bits per heavy atom. The van der Waals surface area contributed by atoms with Gasteiger partial charge in [-0.3, -0.25) is 4.98 Å². The highest BCUT2D eigenvalue weighted by Crippen LogP contribution is 2.34. The Morgan fingerprint density at radius 1 is 1.41 bits per heavy atom. The van der Waals surface area contributed by atoms with Crippen LogP contribution in [0.15, 0.2) is 30.9 Å². The number of anilines is 1. The molecule has 0 spiro atoms. The molecule has 0 aromatic carbocycles. The molecule has 6 heteroatoms. The molecule has 0 radical (unpaired) electrons. The summed E-state index contributed by atoms with van der Waals surface area (Å²) in [7, 11) is 1.85. The van der Waals surface area contributed by atoms with Crippen LogP contribution in [-0.2, 0) is 11.2 Å². The molecule has 0 bridgehead atoms. The molecule has 0 amide bonds. The highest BCUT2D eigenvalue weighted by atomic mass is 19.1. The molecule has 3 heterocycles. The van der Waals surface area contributed by atoms with Gasteiger partial charge in [0.05, 0.1) is 11.7 Å². The maximum absolute atomic E-state index is 14.5. The van der Waals surface area contributed by atoms with Crippen LogP contribution >= 0.6 is 0 Å². The molecule has 0 N–H and O–H groups in total. The molecule has 0 saturated carbocycles.